The molecule has 1 aromatic heterocycles. The fourth-order valence-corrected chi connectivity index (χ4v) is 4.36. The van der Waals surface area contributed by atoms with E-state index in [0.717, 1.165) is 18.9 Å². The van der Waals surface area contributed by atoms with Crippen molar-refractivity contribution in [1.29, 1.82) is 0 Å². The molecule has 0 spiro atoms. The van der Waals surface area contributed by atoms with E-state index in [0.29, 0.717) is 24.3 Å². The van der Waals surface area contributed by atoms with Crippen molar-refractivity contribution < 1.29 is 19.1 Å². The zero-order valence-electron chi connectivity index (χ0n) is 16.3. The molecule has 2 aliphatic rings. The molecule has 2 heterocycles. The molecule has 1 aliphatic carbocycles. The Hall–Kier alpha value is -3.10. The van der Waals surface area contributed by atoms with Gasteiger partial charge in [-0.3, -0.25) is 4.79 Å². The minimum absolute atomic E-state index is 0.0647. The summed E-state index contributed by atoms with van der Waals surface area (Å²) in [5.41, 5.74) is 5.28. The van der Waals surface area contributed by atoms with E-state index >= 15 is 4.39 Å². The second kappa shape index (κ2) is 6.75. The van der Waals surface area contributed by atoms with Gasteiger partial charge in [0.15, 0.2) is 0 Å². The van der Waals surface area contributed by atoms with Gasteiger partial charge in [-0.1, -0.05) is 0 Å². The van der Waals surface area contributed by atoms with Crippen LogP contribution in [0.1, 0.15) is 43.1 Å². The first-order valence-corrected chi connectivity index (χ1v) is 9.63. The number of pyridine rings is 1. The summed E-state index contributed by atoms with van der Waals surface area (Å²) >= 11 is 0. The van der Waals surface area contributed by atoms with Crippen molar-refractivity contribution in [2.24, 2.45) is 5.73 Å². The molecule has 2 atom stereocenters. The standard InChI is InChI=1S/C20H23FN4O4/c1-10-7-23(8-11(2)25(10)20(22)29)17-6-16-13(5-15(17)21)18(26)14(19(27)28)9-24(16)12-3-4-12/h5-6,9-12H,3-4,7-8H2,1-2H3,(H2,22,29)(H,27,28). The second-order valence-corrected chi connectivity index (χ2v) is 7.98. The summed E-state index contributed by atoms with van der Waals surface area (Å²) in [6.45, 7) is 4.50. The van der Waals surface area contributed by atoms with Crippen LogP contribution in [0.4, 0.5) is 14.9 Å². The Kier molecular flexibility index (Phi) is 4.48. The van der Waals surface area contributed by atoms with Crippen molar-refractivity contribution in [1.82, 2.24) is 9.47 Å². The molecule has 1 aliphatic heterocycles. The normalized spacial score (nSPS) is 22.2. The number of anilines is 1. The lowest BCUT2D eigenvalue weighted by atomic mass is 10.1. The molecule has 0 bridgehead atoms. The third kappa shape index (κ3) is 3.20. The van der Waals surface area contributed by atoms with Gasteiger partial charge in [-0.15, -0.1) is 0 Å². The molecule has 29 heavy (non-hydrogen) atoms. The van der Waals surface area contributed by atoms with Gasteiger partial charge in [-0.05, 0) is 38.8 Å². The predicted octanol–water partition coefficient (Wildman–Crippen LogP) is 2.15. The molecule has 1 aromatic carbocycles. The fourth-order valence-electron chi connectivity index (χ4n) is 4.36. The number of hydrogen-bond acceptors (Lipinski definition) is 4. The molecule has 2 aromatic rings. The minimum atomic E-state index is -1.32. The van der Waals surface area contributed by atoms with Crippen molar-refractivity contribution in [2.75, 3.05) is 18.0 Å². The molecular weight excluding hydrogens is 379 g/mol. The van der Waals surface area contributed by atoms with E-state index in [-0.39, 0.29) is 29.1 Å². The van der Waals surface area contributed by atoms with Crippen molar-refractivity contribution in [3.63, 3.8) is 0 Å². The number of carbonyl (C=O) groups is 2. The lowest BCUT2D eigenvalue weighted by molar-refractivity contribution is 0.0694. The lowest BCUT2D eigenvalue weighted by Crippen LogP contribution is -2.60. The van der Waals surface area contributed by atoms with Crippen LogP contribution in [0.3, 0.4) is 0 Å². The number of rotatable bonds is 3. The molecule has 8 nitrogen and oxygen atoms in total. The quantitative estimate of drug-likeness (QED) is 0.818. The summed E-state index contributed by atoms with van der Waals surface area (Å²) in [5, 5.41) is 9.41. The molecule has 2 unspecified atom stereocenters. The molecular formula is C20H23FN4O4. The zero-order chi connectivity index (χ0) is 21.0. The Bertz CT molecular complexity index is 1070. The number of aromatic nitrogens is 1. The Balaban J connectivity index is 1.83. The maximum absolute atomic E-state index is 15.0. The number of amides is 2. The molecule has 2 amide bonds. The lowest BCUT2D eigenvalue weighted by Gasteiger charge is -2.44. The van der Waals surface area contributed by atoms with Gasteiger partial charge in [-0.2, -0.15) is 0 Å². The second-order valence-electron chi connectivity index (χ2n) is 7.98. The first-order chi connectivity index (χ1) is 13.7. The Morgan fingerprint density at radius 3 is 2.31 bits per heavy atom. The summed E-state index contributed by atoms with van der Waals surface area (Å²) in [4.78, 5) is 39.2. The van der Waals surface area contributed by atoms with Gasteiger partial charge < -0.3 is 25.2 Å². The van der Waals surface area contributed by atoms with E-state index in [4.69, 9.17) is 5.73 Å². The van der Waals surface area contributed by atoms with Crippen LogP contribution < -0.4 is 16.1 Å². The van der Waals surface area contributed by atoms with Gasteiger partial charge in [-0.25, -0.2) is 14.0 Å². The number of nitrogens with two attached hydrogens (primary N) is 1. The first-order valence-electron chi connectivity index (χ1n) is 9.63. The third-order valence-electron chi connectivity index (χ3n) is 5.79. The smallest absolute Gasteiger partial charge is 0.341 e. The molecule has 0 radical (unpaired) electrons. The molecule has 154 valence electrons. The minimum Gasteiger partial charge on any atom is -0.477 e. The fraction of sp³-hybridized carbons (Fsp3) is 0.450. The number of carboxylic acid groups (broad SMARTS) is 1. The highest BCUT2D eigenvalue weighted by Gasteiger charge is 2.33. The van der Waals surface area contributed by atoms with E-state index < -0.39 is 23.2 Å². The summed E-state index contributed by atoms with van der Waals surface area (Å²) in [6.07, 6.45) is 3.13. The van der Waals surface area contributed by atoms with Crippen LogP contribution >= 0.6 is 0 Å². The number of urea groups is 1. The number of carbonyl (C=O) groups excluding carboxylic acids is 1. The predicted molar refractivity (Wildman–Crippen MR) is 106 cm³/mol. The zero-order valence-corrected chi connectivity index (χ0v) is 16.3. The Morgan fingerprint density at radius 2 is 1.79 bits per heavy atom. The Labute approximate surface area is 166 Å². The maximum atomic E-state index is 15.0. The number of piperazine rings is 1. The number of primary amides is 1. The van der Waals surface area contributed by atoms with Crippen LogP contribution in [0.25, 0.3) is 10.9 Å². The van der Waals surface area contributed by atoms with Crippen molar-refractivity contribution >= 4 is 28.6 Å². The van der Waals surface area contributed by atoms with Gasteiger partial charge >= 0.3 is 12.0 Å². The largest absolute Gasteiger partial charge is 0.477 e. The van der Waals surface area contributed by atoms with E-state index in [1.807, 2.05) is 18.7 Å². The highest BCUT2D eigenvalue weighted by molar-refractivity contribution is 5.93. The molecule has 4 rings (SSSR count). The van der Waals surface area contributed by atoms with Gasteiger partial charge in [0.1, 0.15) is 11.4 Å². The summed E-state index contributed by atoms with van der Waals surface area (Å²) in [6, 6.07) is 1.95. The topological polar surface area (TPSA) is 109 Å². The van der Waals surface area contributed by atoms with Crippen LogP contribution in [0.5, 0.6) is 0 Å². The van der Waals surface area contributed by atoms with Gasteiger partial charge in [0.2, 0.25) is 5.43 Å². The number of hydrogen-bond donors (Lipinski definition) is 2. The molecule has 3 N–H and O–H groups in total. The first kappa shape index (κ1) is 19.2. The van der Waals surface area contributed by atoms with Crippen LogP contribution in [0.2, 0.25) is 0 Å². The molecule has 1 saturated carbocycles. The SMILES string of the molecule is CC1CN(c2cc3c(cc2F)c(=O)c(C(=O)O)cn3C2CC2)CC(C)N1C(N)=O. The van der Waals surface area contributed by atoms with Crippen LogP contribution in [0, 0.1) is 5.82 Å². The highest BCUT2D eigenvalue weighted by Crippen LogP contribution is 2.38. The third-order valence-corrected chi connectivity index (χ3v) is 5.79. The van der Waals surface area contributed by atoms with E-state index in [1.54, 1.807) is 15.5 Å². The number of benzene rings is 1. The Morgan fingerprint density at radius 1 is 1.17 bits per heavy atom. The monoisotopic (exact) mass is 402 g/mol. The number of aromatic carboxylic acids is 1. The summed E-state index contributed by atoms with van der Waals surface area (Å²) in [7, 11) is 0. The van der Waals surface area contributed by atoms with E-state index in [2.05, 4.69) is 0 Å². The van der Waals surface area contributed by atoms with E-state index in [9.17, 15) is 19.5 Å². The van der Waals surface area contributed by atoms with E-state index in [1.165, 1.54) is 6.20 Å². The molecule has 2 fully saturated rings. The van der Waals surface area contributed by atoms with Crippen LogP contribution in [0.15, 0.2) is 23.1 Å². The van der Waals surface area contributed by atoms with Crippen molar-refractivity contribution in [2.45, 2.75) is 44.8 Å². The number of nitrogens with zero attached hydrogens (tertiary/aromatic N) is 3. The average molecular weight is 402 g/mol. The van der Waals surface area contributed by atoms with Crippen LogP contribution in [-0.4, -0.2) is 51.7 Å². The number of halogens is 1. The maximum Gasteiger partial charge on any atom is 0.341 e. The molecule has 9 heteroatoms. The molecule has 1 saturated heterocycles. The highest BCUT2D eigenvalue weighted by atomic mass is 19.1. The number of carboxylic acids is 1. The van der Waals surface area contributed by atoms with Crippen LogP contribution in [-0.2, 0) is 0 Å². The average Bonchev–Trinajstić information content (AvgIpc) is 3.45. The summed E-state index contributed by atoms with van der Waals surface area (Å²) in [5.74, 6) is -1.91. The van der Waals surface area contributed by atoms with Crippen molar-refractivity contribution in [3.05, 3.63) is 39.9 Å². The summed E-state index contributed by atoms with van der Waals surface area (Å²) < 4.78 is 16.8. The van der Waals surface area contributed by atoms with Crippen molar-refractivity contribution in [3.8, 4) is 0 Å². The van der Waals surface area contributed by atoms with Gasteiger partial charge in [0.25, 0.3) is 0 Å². The van der Waals surface area contributed by atoms with Gasteiger partial charge in [0, 0.05) is 42.8 Å². The number of fused-ring (bicyclic) bond motifs is 1. The van der Waals surface area contributed by atoms with Gasteiger partial charge in [0.05, 0.1) is 11.2 Å².